The van der Waals surface area contributed by atoms with E-state index in [2.05, 4.69) is 50.7 Å². The largest absolute Gasteiger partial charge is 0.491 e. The number of fused-ring (bicyclic) bond motifs is 1. The molecule has 3 rings (SSSR count). The fraction of sp³-hybridized carbons (Fsp3) is 0.211. The van der Waals surface area contributed by atoms with Crippen molar-refractivity contribution in [3.05, 3.63) is 64.9 Å². The minimum absolute atomic E-state index is 0. The highest BCUT2D eigenvalue weighted by Gasteiger charge is 2.02. The monoisotopic (exact) mass is 467 g/mol. The summed E-state index contributed by atoms with van der Waals surface area (Å²) in [7, 11) is 1.77. The third-order valence-electron chi connectivity index (χ3n) is 3.67. The van der Waals surface area contributed by atoms with Crippen LogP contribution in [0.15, 0.2) is 64.3 Å². The molecule has 0 atom stereocenters. The van der Waals surface area contributed by atoms with Gasteiger partial charge in [-0.3, -0.25) is 4.99 Å². The lowest BCUT2D eigenvalue weighted by molar-refractivity contribution is 0.325. The molecule has 6 heteroatoms. The van der Waals surface area contributed by atoms with Gasteiger partial charge in [0.15, 0.2) is 5.96 Å². The van der Waals surface area contributed by atoms with Gasteiger partial charge in [0.25, 0.3) is 0 Å². The smallest absolute Gasteiger partial charge is 0.191 e. The van der Waals surface area contributed by atoms with Crippen LogP contribution in [0.25, 0.3) is 10.8 Å². The zero-order valence-corrected chi connectivity index (χ0v) is 17.2. The van der Waals surface area contributed by atoms with Crippen LogP contribution in [0.5, 0.6) is 5.75 Å². The first-order valence-electron chi connectivity index (χ1n) is 7.93. The van der Waals surface area contributed by atoms with Crippen molar-refractivity contribution in [3.63, 3.8) is 0 Å². The molecule has 2 N–H and O–H groups in total. The van der Waals surface area contributed by atoms with Gasteiger partial charge in [-0.15, -0.1) is 24.0 Å². The van der Waals surface area contributed by atoms with Crippen molar-refractivity contribution < 1.29 is 4.74 Å². The molecule has 0 fully saturated rings. The number of nitrogens with one attached hydrogen (secondary N) is 2. The third kappa shape index (κ3) is 5.61. The number of benzene rings is 2. The van der Waals surface area contributed by atoms with Gasteiger partial charge in [-0.2, -0.15) is 11.3 Å². The standard InChI is InChI=1S/C19H21N3OS.HI/c1-20-19(22-13-15-9-12-24-14-15)21-10-11-23-18-8-4-6-16-5-2-3-7-17(16)18;/h2-9,12,14H,10-11,13H2,1H3,(H2,20,21,22);1H. The zero-order chi connectivity index (χ0) is 16.6. The highest BCUT2D eigenvalue weighted by atomic mass is 127. The van der Waals surface area contributed by atoms with Gasteiger partial charge in [0.2, 0.25) is 0 Å². The lowest BCUT2D eigenvalue weighted by Gasteiger charge is -2.13. The summed E-state index contributed by atoms with van der Waals surface area (Å²) < 4.78 is 5.92. The lowest BCUT2D eigenvalue weighted by atomic mass is 10.1. The molecular weight excluding hydrogens is 445 g/mol. The fourth-order valence-electron chi connectivity index (χ4n) is 2.45. The van der Waals surface area contributed by atoms with Crippen molar-refractivity contribution in [2.45, 2.75) is 6.54 Å². The van der Waals surface area contributed by atoms with Crippen molar-refractivity contribution in [3.8, 4) is 5.75 Å². The molecule has 1 heterocycles. The summed E-state index contributed by atoms with van der Waals surface area (Å²) in [6.07, 6.45) is 0. The fourth-order valence-corrected chi connectivity index (χ4v) is 3.12. The predicted molar refractivity (Wildman–Crippen MR) is 117 cm³/mol. The molecule has 0 aliphatic heterocycles. The summed E-state index contributed by atoms with van der Waals surface area (Å²) in [5.74, 6) is 1.69. The summed E-state index contributed by atoms with van der Waals surface area (Å²) in [4.78, 5) is 4.22. The number of rotatable bonds is 6. The molecule has 0 saturated carbocycles. The molecule has 132 valence electrons. The Hall–Kier alpha value is -1.80. The number of hydrogen-bond acceptors (Lipinski definition) is 3. The second kappa shape index (κ2) is 10.2. The molecule has 0 saturated heterocycles. The number of halogens is 1. The van der Waals surface area contributed by atoms with Crippen LogP contribution < -0.4 is 15.4 Å². The highest BCUT2D eigenvalue weighted by Crippen LogP contribution is 2.24. The number of ether oxygens (including phenoxy) is 1. The van der Waals surface area contributed by atoms with Gasteiger partial charge in [-0.05, 0) is 33.8 Å². The van der Waals surface area contributed by atoms with Crippen molar-refractivity contribution in [1.29, 1.82) is 0 Å². The molecule has 2 aromatic carbocycles. The first-order chi connectivity index (χ1) is 11.9. The van der Waals surface area contributed by atoms with Crippen LogP contribution in [-0.2, 0) is 6.54 Å². The number of nitrogens with zero attached hydrogens (tertiary/aromatic N) is 1. The molecule has 25 heavy (non-hydrogen) atoms. The van der Waals surface area contributed by atoms with Gasteiger partial charge in [0.1, 0.15) is 12.4 Å². The summed E-state index contributed by atoms with van der Waals surface area (Å²) in [6.45, 7) is 2.03. The minimum atomic E-state index is 0. The van der Waals surface area contributed by atoms with Crippen LogP contribution in [0.4, 0.5) is 0 Å². The SMILES string of the molecule is CN=C(NCCOc1cccc2ccccc12)NCc1ccsc1.I. The minimum Gasteiger partial charge on any atom is -0.491 e. The van der Waals surface area contributed by atoms with Gasteiger partial charge in [0.05, 0.1) is 6.54 Å². The van der Waals surface area contributed by atoms with E-state index in [1.54, 1.807) is 18.4 Å². The van der Waals surface area contributed by atoms with E-state index in [9.17, 15) is 0 Å². The van der Waals surface area contributed by atoms with E-state index in [1.807, 2.05) is 24.3 Å². The van der Waals surface area contributed by atoms with Crippen LogP contribution in [0.1, 0.15) is 5.56 Å². The summed E-state index contributed by atoms with van der Waals surface area (Å²) in [6, 6.07) is 16.5. The molecule has 0 amide bonds. The van der Waals surface area contributed by atoms with Crippen LogP contribution in [0, 0.1) is 0 Å². The van der Waals surface area contributed by atoms with E-state index >= 15 is 0 Å². The summed E-state index contributed by atoms with van der Waals surface area (Å²) in [5, 5.41) is 13.1. The van der Waals surface area contributed by atoms with E-state index in [0.717, 1.165) is 23.6 Å². The molecule has 0 bridgehead atoms. The molecule has 3 aromatic rings. The molecule has 0 aliphatic carbocycles. The first kappa shape index (κ1) is 19.5. The Balaban J connectivity index is 0.00000225. The Morgan fingerprint density at radius 3 is 2.72 bits per heavy atom. The molecule has 0 unspecified atom stereocenters. The van der Waals surface area contributed by atoms with Crippen LogP contribution >= 0.6 is 35.3 Å². The second-order valence-corrected chi connectivity index (χ2v) is 6.09. The maximum Gasteiger partial charge on any atom is 0.191 e. The summed E-state index contributed by atoms with van der Waals surface area (Å²) in [5.41, 5.74) is 1.26. The van der Waals surface area contributed by atoms with Gasteiger partial charge in [-0.1, -0.05) is 36.4 Å². The summed E-state index contributed by atoms with van der Waals surface area (Å²) >= 11 is 1.70. The maximum atomic E-state index is 5.92. The zero-order valence-electron chi connectivity index (χ0n) is 14.1. The Labute approximate surface area is 169 Å². The number of hydrogen-bond donors (Lipinski definition) is 2. The highest BCUT2D eigenvalue weighted by molar-refractivity contribution is 14.0. The van der Waals surface area contributed by atoms with E-state index in [1.165, 1.54) is 10.9 Å². The van der Waals surface area contributed by atoms with Gasteiger partial charge in [0, 0.05) is 19.0 Å². The van der Waals surface area contributed by atoms with Crippen LogP contribution in [0.3, 0.4) is 0 Å². The molecule has 0 aliphatic rings. The third-order valence-corrected chi connectivity index (χ3v) is 4.40. The van der Waals surface area contributed by atoms with E-state index < -0.39 is 0 Å². The Kier molecular flexibility index (Phi) is 8.00. The van der Waals surface area contributed by atoms with Crippen molar-refractivity contribution >= 4 is 52.0 Å². The predicted octanol–water partition coefficient (Wildman–Crippen LogP) is 4.26. The molecule has 0 spiro atoms. The molecule has 1 aromatic heterocycles. The normalized spacial score (nSPS) is 11.0. The lowest BCUT2D eigenvalue weighted by Crippen LogP contribution is -2.38. The van der Waals surface area contributed by atoms with Crippen molar-refractivity contribution in [1.82, 2.24) is 10.6 Å². The maximum absolute atomic E-state index is 5.92. The van der Waals surface area contributed by atoms with Gasteiger partial charge in [-0.25, -0.2) is 0 Å². The number of aliphatic imine (C=N–C) groups is 1. The average Bonchev–Trinajstić information content (AvgIpc) is 3.15. The van der Waals surface area contributed by atoms with Gasteiger partial charge < -0.3 is 15.4 Å². The van der Waals surface area contributed by atoms with Crippen LogP contribution in [-0.4, -0.2) is 26.2 Å². The quantitative estimate of drug-likeness (QED) is 0.247. The molecule has 4 nitrogen and oxygen atoms in total. The van der Waals surface area contributed by atoms with Gasteiger partial charge >= 0.3 is 0 Å². The Morgan fingerprint density at radius 1 is 1.08 bits per heavy atom. The first-order valence-corrected chi connectivity index (χ1v) is 8.87. The topological polar surface area (TPSA) is 45.7 Å². The molecular formula is C19H22IN3OS. The molecule has 0 radical (unpaired) electrons. The Morgan fingerprint density at radius 2 is 1.92 bits per heavy atom. The van der Waals surface area contributed by atoms with E-state index in [-0.39, 0.29) is 24.0 Å². The van der Waals surface area contributed by atoms with Crippen molar-refractivity contribution in [2.75, 3.05) is 20.2 Å². The van der Waals surface area contributed by atoms with E-state index in [4.69, 9.17) is 4.74 Å². The number of guanidine groups is 1. The average molecular weight is 467 g/mol. The van der Waals surface area contributed by atoms with Crippen molar-refractivity contribution in [2.24, 2.45) is 4.99 Å². The van der Waals surface area contributed by atoms with E-state index in [0.29, 0.717) is 13.2 Å². The number of thiophene rings is 1. The van der Waals surface area contributed by atoms with Crippen LogP contribution in [0.2, 0.25) is 0 Å². The Bertz CT molecular complexity index is 800. The second-order valence-electron chi connectivity index (χ2n) is 5.31.